The summed E-state index contributed by atoms with van der Waals surface area (Å²) in [5.74, 6) is -1.92. The fourth-order valence-corrected chi connectivity index (χ4v) is 5.96. The molecule has 0 heterocycles. The molecule has 7 heteroatoms. The molecule has 2 bridgehead atoms. The maximum Gasteiger partial charge on any atom is 0.338 e. The summed E-state index contributed by atoms with van der Waals surface area (Å²) in [4.78, 5) is 26.5. The molecule has 0 spiro atoms. The largest absolute Gasteiger partial charge is 0.454 e. The van der Waals surface area contributed by atoms with Gasteiger partial charge in [0, 0.05) is 5.02 Å². The van der Waals surface area contributed by atoms with E-state index in [0.29, 0.717) is 26.2 Å². The first kappa shape index (κ1) is 24.1. The van der Waals surface area contributed by atoms with E-state index in [0.717, 1.165) is 22.3 Å². The first-order chi connectivity index (χ1) is 17.9. The molecular weight excluding hydrogens is 531 g/mol. The molecule has 184 valence electrons. The molecule has 4 aromatic rings. The second kappa shape index (κ2) is 9.53. The monoisotopic (exact) mass is 548 g/mol. The van der Waals surface area contributed by atoms with Gasteiger partial charge in [-0.3, -0.25) is 0 Å². The summed E-state index contributed by atoms with van der Waals surface area (Å²) in [6.07, 6.45) is -1.62. The van der Waals surface area contributed by atoms with Crippen molar-refractivity contribution >= 4 is 46.7 Å². The van der Waals surface area contributed by atoms with Gasteiger partial charge in [-0.25, -0.2) is 9.59 Å². The topological polar surface area (TPSA) is 52.6 Å². The molecule has 4 nitrogen and oxygen atoms in total. The molecular formula is C30H19Cl3O4. The molecule has 4 aromatic carbocycles. The zero-order chi connectivity index (χ0) is 25.7. The van der Waals surface area contributed by atoms with Crippen molar-refractivity contribution in [3.05, 3.63) is 139 Å². The average molecular weight is 550 g/mol. The third-order valence-electron chi connectivity index (χ3n) is 7.00. The molecule has 0 radical (unpaired) electrons. The van der Waals surface area contributed by atoms with Gasteiger partial charge in [-0.15, -0.1) is 0 Å². The minimum Gasteiger partial charge on any atom is -0.454 e. The van der Waals surface area contributed by atoms with Crippen molar-refractivity contribution in [1.29, 1.82) is 0 Å². The Morgan fingerprint density at radius 1 is 0.541 bits per heavy atom. The van der Waals surface area contributed by atoms with E-state index in [1.165, 1.54) is 0 Å². The minimum atomic E-state index is -0.818. The smallest absolute Gasteiger partial charge is 0.338 e. The maximum atomic E-state index is 13.3. The number of carbonyl (C=O) groups excluding carboxylic acids is 2. The van der Waals surface area contributed by atoms with Crippen molar-refractivity contribution in [2.75, 3.05) is 0 Å². The fraction of sp³-hybridized carbons (Fsp3) is 0.133. The number of hydrogen-bond donors (Lipinski definition) is 0. The van der Waals surface area contributed by atoms with Crippen LogP contribution in [0.2, 0.25) is 15.1 Å². The lowest BCUT2D eigenvalue weighted by molar-refractivity contribution is -0.0557. The quantitative estimate of drug-likeness (QED) is 0.245. The average Bonchev–Trinajstić information content (AvgIpc) is 2.91. The predicted molar refractivity (Wildman–Crippen MR) is 143 cm³/mol. The molecule has 0 saturated heterocycles. The van der Waals surface area contributed by atoms with Crippen LogP contribution in [-0.2, 0) is 9.47 Å². The first-order valence-corrected chi connectivity index (χ1v) is 12.9. The zero-order valence-electron chi connectivity index (χ0n) is 19.2. The van der Waals surface area contributed by atoms with Crippen LogP contribution in [0, 0.1) is 0 Å². The van der Waals surface area contributed by atoms with Crippen LogP contribution in [0.4, 0.5) is 0 Å². The predicted octanol–water partition coefficient (Wildman–Crippen LogP) is 7.69. The van der Waals surface area contributed by atoms with Crippen molar-refractivity contribution in [2.45, 2.75) is 24.0 Å². The van der Waals surface area contributed by atoms with Crippen LogP contribution in [0.5, 0.6) is 0 Å². The number of rotatable bonds is 4. The van der Waals surface area contributed by atoms with Gasteiger partial charge in [-0.05, 0) is 70.8 Å². The number of hydrogen-bond acceptors (Lipinski definition) is 4. The lowest BCUT2D eigenvalue weighted by Crippen LogP contribution is -2.51. The molecule has 0 saturated carbocycles. The fourth-order valence-electron chi connectivity index (χ4n) is 5.44. The molecule has 2 unspecified atom stereocenters. The van der Waals surface area contributed by atoms with Gasteiger partial charge in [0.15, 0.2) is 12.2 Å². The number of esters is 2. The highest BCUT2D eigenvalue weighted by Gasteiger charge is 2.54. The van der Waals surface area contributed by atoms with Gasteiger partial charge in [-0.1, -0.05) is 77.3 Å². The van der Waals surface area contributed by atoms with Crippen LogP contribution in [-0.4, -0.2) is 24.1 Å². The van der Waals surface area contributed by atoms with Gasteiger partial charge in [0.2, 0.25) is 0 Å². The third kappa shape index (κ3) is 4.19. The highest BCUT2D eigenvalue weighted by atomic mass is 35.5. The van der Waals surface area contributed by atoms with E-state index in [-0.39, 0.29) is 0 Å². The molecule has 0 fully saturated rings. The van der Waals surface area contributed by atoms with Gasteiger partial charge in [-0.2, -0.15) is 0 Å². The molecule has 0 amide bonds. The van der Waals surface area contributed by atoms with Crippen molar-refractivity contribution < 1.29 is 19.1 Å². The van der Waals surface area contributed by atoms with E-state index in [2.05, 4.69) is 0 Å². The molecule has 4 atom stereocenters. The molecule has 3 aliphatic rings. The molecule has 7 rings (SSSR count). The Morgan fingerprint density at radius 2 is 0.973 bits per heavy atom. The lowest BCUT2D eigenvalue weighted by Gasteiger charge is -2.49. The summed E-state index contributed by atoms with van der Waals surface area (Å²) >= 11 is 19.3. The van der Waals surface area contributed by atoms with Crippen molar-refractivity contribution in [3.8, 4) is 0 Å². The van der Waals surface area contributed by atoms with Crippen LogP contribution in [0.15, 0.2) is 91.0 Å². The lowest BCUT2D eigenvalue weighted by atomic mass is 9.61. The number of ether oxygens (including phenoxy) is 2. The summed E-state index contributed by atoms with van der Waals surface area (Å²) in [5.41, 5.74) is 4.40. The molecule has 0 aliphatic heterocycles. The Kier molecular flexibility index (Phi) is 6.20. The van der Waals surface area contributed by atoms with E-state index < -0.39 is 36.0 Å². The Balaban J connectivity index is 1.51. The van der Waals surface area contributed by atoms with Crippen LogP contribution >= 0.6 is 34.8 Å². The van der Waals surface area contributed by atoms with Crippen LogP contribution in [0.25, 0.3) is 0 Å². The van der Waals surface area contributed by atoms with Gasteiger partial charge in [0.25, 0.3) is 0 Å². The van der Waals surface area contributed by atoms with Crippen molar-refractivity contribution in [2.24, 2.45) is 0 Å². The Hall–Kier alpha value is -3.31. The van der Waals surface area contributed by atoms with Gasteiger partial charge < -0.3 is 9.47 Å². The standard InChI is InChI=1S/C30H19Cl3O4/c31-18-11-12-19-20(13-18)26-22-15-24(33)23(32)14-21(22)25(19)27(36-29(34)16-7-3-1-4-8-16)28(26)37-30(35)17-9-5-2-6-10-17/h1-15,25-28H/t25-,26-,27?,28?/m0/s1. The van der Waals surface area contributed by atoms with Crippen LogP contribution in [0.3, 0.4) is 0 Å². The first-order valence-electron chi connectivity index (χ1n) is 11.7. The summed E-state index contributed by atoms with van der Waals surface area (Å²) in [7, 11) is 0. The van der Waals surface area contributed by atoms with Crippen LogP contribution < -0.4 is 0 Å². The van der Waals surface area contributed by atoms with Gasteiger partial charge in [0.05, 0.1) is 33.0 Å². The SMILES string of the molecule is O=C(OC1C(OC(=O)c2ccccc2)[C@H]2c3cc(Cl)ccc3[C@H]1c1cc(Cl)c(Cl)cc12)c1ccccc1. The molecule has 37 heavy (non-hydrogen) atoms. The van der Waals surface area contributed by atoms with Crippen LogP contribution in [0.1, 0.15) is 54.8 Å². The second-order valence-electron chi connectivity index (χ2n) is 9.10. The second-order valence-corrected chi connectivity index (χ2v) is 10.3. The van der Waals surface area contributed by atoms with E-state index in [9.17, 15) is 9.59 Å². The Morgan fingerprint density at radius 3 is 1.46 bits per heavy atom. The number of halogens is 3. The highest BCUT2D eigenvalue weighted by molar-refractivity contribution is 6.42. The maximum absolute atomic E-state index is 13.3. The van der Waals surface area contributed by atoms with Gasteiger partial charge in [0.1, 0.15) is 0 Å². The normalized spacial score (nSPS) is 21.1. The third-order valence-corrected chi connectivity index (χ3v) is 7.96. The summed E-state index contributed by atoms with van der Waals surface area (Å²) in [6.45, 7) is 0. The molecule has 0 aromatic heterocycles. The Labute approximate surface area is 228 Å². The van der Waals surface area contributed by atoms with Crippen molar-refractivity contribution in [3.63, 3.8) is 0 Å². The number of fused-ring (bicyclic) bond motifs is 1. The van der Waals surface area contributed by atoms with E-state index in [4.69, 9.17) is 44.3 Å². The van der Waals surface area contributed by atoms with E-state index >= 15 is 0 Å². The van der Waals surface area contributed by atoms with E-state index in [1.54, 1.807) is 60.7 Å². The van der Waals surface area contributed by atoms with Gasteiger partial charge >= 0.3 is 11.9 Å². The molecule has 0 N–H and O–H groups in total. The number of benzene rings is 4. The zero-order valence-corrected chi connectivity index (χ0v) is 21.5. The molecule has 3 aliphatic carbocycles. The summed E-state index contributed by atoms with van der Waals surface area (Å²) in [5, 5.41) is 1.34. The highest BCUT2D eigenvalue weighted by Crippen LogP contribution is 2.56. The number of carbonyl (C=O) groups is 2. The van der Waals surface area contributed by atoms with Crippen molar-refractivity contribution in [1.82, 2.24) is 0 Å². The Bertz CT molecular complexity index is 1520. The minimum absolute atomic E-state index is 0.391. The summed E-state index contributed by atoms with van der Waals surface area (Å²) in [6, 6.07) is 26.7. The van der Waals surface area contributed by atoms with E-state index in [1.807, 2.05) is 30.3 Å². The summed E-state index contributed by atoms with van der Waals surface area (Å²) < 4.78 is 12.3.